The van der Waals surface area contributed by atoms with Crippen LogP contribution in [0.5, 0.6) is 17.2 Å². The fourth-order valence-electron chi connectivity index (χ4n) is 4.77. The number of nitrogens with zero attached hydrogens (tertiary/aromatic N) is 2. The first kappa shape index (κ1) is 23.9. The SMILES string of the molecule is COc1ccc(-c2coc3c(CN4CCN(Cc5ccccc5)CC4)c(O)ccc3c2=O)cc1OC. The van der Waals surface area contributed by atoms with E-state index in [0.717, 1.165) is 32.7 Å². The molecule has 1 aliphatic heterocycles. The van der Waals surface area contributed by atoms with Crippen molar-refractivity contribution in [1.82, 2.24) is 9.80 Å². The molecule has 7 nitrogen and oxygen atoms in total. The summed E-state index contributed by atoms with van der Waals surface area (Å²) in [6.45, 7) is 5.07. The summed E-state index contributed by atoms with van der Waals surface area (Å²) in [5.41, 5.74) is 3.32. The highest BCUT2D eigenvalue weighted by molar-refractivity contribution is 5.86. The summed E-state index contributed by atoms with van der Waals surface area (Å²) in [7, 11) is 3.13. The minimum atomic E-state index is -0.155. The summed E-state index contributed by atoms with van der Waals surface area (Å²) in [6.07, 6.45) is 1.46. The molecule has 0 saturated carbocycles. The Kier molecular flexibility index (Phi) is 6.93. The molecule has 1 saturated heterocycles. The van der Waals surface area contributed by atoms with Gasteiger partial charge in [0.1, 0.15) is 17.6 Å². The van der Waals surface area contributed by atoms with Crippen molar-refractivity contribution < 1.29 is 19.0 Å². The molecule has 0 unspecified atom stereocenters. The first-order valence-electron chi connectivity index (χ1n) is 12.0. The van der Waals surface area contributed by atoms with Gasteiger partial charge < -0.3 is 19.0 Å². The van der Waals surface area contributed by atoms with Crippen LogP contribution in [-0.2, 0) is 13.1 Å². The van der Waals surface area contributed by atoms with Gasteiger partial charge in [0.05, 0.1) is 30.7 Å². The predicted octanol–water partition coefficient (Wildman–Crippen LogP) is 4.50. The number of rotatable bonds is 7. The highest BCUT2D eigenvalue weighted by Gasteiger charge is 2.21. The summed E-state index contributed by atoms with van der Waals surface area (Å²) in [6, 6.07) is 19.0. The van der Waals surface area contributed by atoms with Gasteiger partial charge in [-0.2, -0.15) is 0 Å². The van der Waals surface area contributed by atoms with Crippen LogP contribution in [0.2, 0.25) is 0 Å². The van der Waals surface area contributed by atoms with E-state index >= 15 is 0 Å². The summed E-state index contributed by atoms with van der Waals surface area (Å²) in [5, 5.41) is 11.1. The highest BCUT2D eigenvalue weighted by atomic mass is 16.5. The molecule has 186 valence electrons. The van der Waals surface area contributed by atoms with Gasteiger partial charge in [0.15, 0.2) is 11.5 Å². The lowest BCUT2D eigenvalue weighted by Crippen LogP contribution is -2.45. The van der Waals surface area contributed by atoms with Crippen molar-refractivity contribution in [1.29, 1.82) is 0 Å². The molecule has 0 amide bonds. The van der Waals surface area contributed by atoms with Crippen LogP contribution < -0.4 is 14.9 Å². The number of methoxy groups -OCH3 is 2. The molecule has 36 heavy (non-hydrogen) atoms. The lowest BCUT2D eigenvalue weighted by Gasteiger charge is -2.34. The van der Waals surface area contributed by atoms with Crippen LogP contribution in [0.1, 0.15) is 11.1 Å². The molecule has 1 fully saturated rings. The average molecular weight is 487 g/mol. The highest BCUT2D eigenvalue weighted by Crippen LogP contribution is 2.33. The lowest BCUT2D eigenvalue weighted by atomic mass is 10.0. The number of piperazine rings is 1. The van der Waals surface area contributed by atoms with E-state index in [9.17, 15) is 9.90 Å². The van der Waals surface area contributed by atoms with Gasteiger partial charge >= 0.3 is 0 Å². The molecule has 4 aromatic rings. The molecule has 3 aromatic carbocycles. The number of ether oxygens (including phenoxy) is 2. The van der Waals surface area contributed by atoms with E-state index in [-0.39, 0.29) is 11.2 Å². The molecule has 5 rings (SSSR count). The largest absolute Gasteiger partial charge is 0.507 e. The molecule has 0 spiro atoms. The fourth-order valence-corrected chi connectivity index (χ4v) is 4.77. The molecule has 0 atom stereocenters. The van der Waals surface area contributed by atoms with Crippen LogP contribution in [0, 0.1) is 0 Å². The van der Waals surface area contributed by atoms with Crippen LogP contribution in [-0.4, -0.2) is 55.3 Å². The number of hydrogen-bond donors (Lipinski definition) is 1. The molecule has 1 aromatic heterocycles. The zero-order chi connectivity index (χ0) is 25.1. The van der Waals surface area contributed by atoms with Gasteiger partial charge in [0, 0.05) is 39.3 Å². The summed E-state index contributed by atoms with van der Waals surface area (Å²) in [5.74, 6) is 1.26. The molecule has 0 radical (unpaired) electrons. The molecule has 1 N–H and O–H groups in total. The fraction of sp³-hybridized carbons (Fsp3) is 0.276. The van der Waals surface area contributed by atoms with E-state index in [4.69, 9.17) is 13.9 Å². The van der Waals surface area contributed by atoms with E-state index in [0.29, 0.717) is 45.7 Å². The van der Waals surface area contributed by atoms with Crippen molar-refractivity contribution in [3.8, 4) is 28.4 Å². The van der Waals surface area contributed by atoms with E-state index in [1.54, 1.807) is 44.6 Å². The first-order valence-corrected chi connectivity index (χ1v) is 12.0. The van der Waals surface area contributed by atoms with E-state index < -0.39 is 0 Å². The zero-order valence-electron chi connectivity index (χ0n) is 20.6. The maximum absolute atomic E-state index is 13.4. The second kappa shape index (κ2) is 10.4. The number of hydrogen-bond acceptors (Lipinski definition) is 7. The Morgan fingerprint density at radius 2 is 1.56 bits per heavy atom. The zero-order valence-corrected chi connectivity index (χ0v) is 20.6. The van der Waals surface area contributed by atoms with Gasteiger partial charge in [-0.1, -0.05) is 36.4 Å². The Bertz CT molecular complexity index is 1410. The standard InChI is InChI=1S/C29H30N2O5/c1-34-26-11-8-21(16-27(26)35-2)24-19-36-29-22(28(24)33)9-10-25(32)23(29)18-31-14-12-30(13-15-31)17-20-6-4-3-5-7-20/h3-11,16,19,32H,12-15,17-18H2,1-2H3. The summed E-state index contributed by atoms with van der Waals surface area (Å²) in [4.78, 5) is 18.1. The Balaban J connectivity index is 1.37. The first-order chi connectivity index (χ1) is 17.6. The molecule has 0 bridgehead atoms. The number of aromatic hydroxyl groups is 1. The molecular weight excluding hydrogens is 456 g/mol. The topological polar surface area (TPSA) is 75.4 Å². The normalized spacial score (nSPS) is 14.7. The maximum Gasteiger partial charge on any atom is 0.200 e. The lowest BCUT2D eigenvalue weighted by molar-refractivity contribution is 0.121. The van der Waals surface area contributed by atoms with Crippen LogP contribution >= 0.6 is 0 Å². The molecule has 2 heterocycles. The Morgan fingerprint density at radius 1 is 0.861 bits per heavy atom. The van der Waals surface area contributed by atoms with E-state index in [2.05, 4.69) is 34.1 Å². The Morgan fingerprint density at radius 3 is 2.25 bits per heavy atom. The Labute approximate surface area is 210 Å². The van der Waals surface area contributed by atoms with Crippen molar-refractivity contribution in [3.05, 3.63) is 88.3 Å². The quantitative estimate of drug-likeness (QED) is 0.412. The van der Waals surface area contributed by atoms with Crippen LogP contribution in [0.25, 0.3) is 22.1 Å². The van der Waals surface area contributed by atoms with Crippen molar-refractivity contribution >= 4 is 11.0 Å². The maximum atomic E-state index is 13.4. The van der Waals surface area contributed by atoms with Gasteiger partial charge in [-0.05, 0) is 35.4 Å². The molecule has 7 heteroatoms. The third-order valence-corrected chi connectivity index (χ3v) is 6.81. The number of benzene rings is 3. The van der Waals surface area contributed by atoms with Crippen molar-refractivity contribution in [2.45, 2.75) is 13.1 Å². The van der Waals surface area contributed by atoms with E-state index in [1.807, 2.05) is 6.07 Å². The van der Waals surface area contributed by atoms with Crippen molar-refractivity contribution in [2.24, 2.45) is 0 Å². The van der Waals surface area contributed by atoms with Crippen LogP contribution in [0.3, 0.4) is 0 Å². The minimum absolute atomic E-state index is 0.135. The second-order valence-corrected chi connectivity index (χ2v) is 9.03. The number of phenolic OH excluding ortho intramolecular Hbond substituents is 1. The van der Waals surface area contributed by atoms with Gasteiger partial charge in [-0.25, -0.2) is 0 Å². The summed E-state index contributed by atoms with van der Waals surface area (Å²) >= 11 is 0. The molecule has 0 aliphatic carbocycles. The Hall–Kier alpha value is -3.81. The average Bonchev–Trinajstić information content (AvgIpc) is 2.91. The van der Waals surface area contributed by atoms with E-state index in [1.165, 1.54) is 11.8 Å². The molecule has 1 aliphatic rings. The predicted molar refractivity (Wildman–Crippen MR) is 140 cm³/mol. The minimum Gasteiger partial charge on any atom is -0.507 e. The smallest absolute Gasteiger partial charge is 0.200 e. The van der Waals surface area contributed by atoms with Crippen LogP contribution in [0.15, 0.2) is 76.1 Å². The van der Waals surface area contributed by atoms with Gasteiger partial charge in [-0.3, -0.25) is 14.6 Å². The van der Waals surface area contributed by atoms with Crippen molar-refractivity contribution in [2.75, 3.05) is 40.4 Å². The van der Waals surface area contributed by atoms with Gasteiger partial charge in [0.25, 0.3) is 0 Å². The van der Waals surface area contributed by atoms with Crippen LogP contribution in [0.4, 0.5) is 0 Å². The summed E-state index contributed by atoms with van der Waals surface area (Å²) < 4.78 is 16.7. The monoisotopic (exact) mass is 486 g/mol. The van der Waals surface area contributed by atoms with Crippen molar-refractivity contribution in [3.63, 3.8) is 0 Å². The number of phenols is 1. The third-order valence-electron chi connectivity index (χ3n) is 6.81. The van der Waals surface area contributed by atoms with Gasteiger partial charge in [0.2, 0.25) is 5.43 Å². The van der Waals surface area contributed by atoms with Gasteiger partial charge in [-0.15, -0.1) is 0 Å². The molecular formula is C29H30N2O5. The number of fused-ring (bicyclic) bond motifs is 1. The second-order valence-electron chi connectivity index (χ2n) is 9.03. The third kappa shape index (κ3) is 4.80.